The Morgan fingerprint density at radius 3 is 2.69 bits per heavy atom. The molecular weight excluding hydrogens is 339 g/mol. The molecule has 1 aromatic carbocycles. The summed E-state index contributed by atoms with van der Waals surface area (Å²) in [6.45, 7) is 4.21. The maximum absolute atomic E-state index is 13.2. The number of aryl methyl sites for hydroxylation is 1. The number of benzene rings is 1. The summed E-state index contributed by atoms with van der Waals surface area (Å²) in [5.41, 5.74) is 2.58. The third kappa shape index (κ3) is 4.92. The van der Waals surface area contributed by atoms with E-state index < -0.39 is 5.97 Å². The molecule has 0 spiro atoms. The van der Waals surface area contributed by atoms with E-state index in [0.717, 1.165) is 5.56 Å². The number of carbonyl (C=O) groups excluding carboxylic acids is 2. The number of amides is 1. The van der Waals surface area contributed by atoms with Crippen LogP contribution < -0.4 is 5.32 Å². The molecule has 1 amide bonds. The van der Waals surface area contributed by atoms with E-state index in [4.69, 9.17) is 9.47 Å². The number of aromatic nitrogens is 1. The largest absolute Gasteiger partial charge is 0.460 e. The fourth-order valence-corrected chi connectivity index (χ4v) is 2.67. The SMILES string of the molecule is COCCOC(=O)c1c(C)[nH]c(C(=O)NCCc2cccc(F)c2)c1C. The predicted octanol–water partition coefficient (Wildman–Crippen LogP) is 2.55. The van der Waals surface area contributed by atoms with Gasteiger partial charge in [0.05, 0.1) is 12.2 Å². The Kier molecular flexibility index (Phi) is 6.91. The monoisotopic (exact) mass is 362 g/mol. The molecule has 0 unspecified atom stereocenters. The first-order valence-corrected chi connectivity index (χ1v) is 8.32. The minimum atomic E-state index is -0.493. The van der Waals surface area contributed by atoms with Crippen molar-refractivity contribution in [2.24, 2.45) is 0 Å². The quantitative estimate of drug-likeness (QED) is 0.559. The molecule has 0 aliphatic carbocycles. The summed E-state index contributed by atoms with van der Waals surface area (Å²) >= 11 is 0. The molecule has 0 bridgehead atoms. The Hall–Kier alpha value is -2.67. The number of hydrogen-bond acceptors (Lipinski definition) is 4. The number of rotatable bonds is 8. The number of hydrogen-bond donors (Lipinski definition) is 2. The molecule has 0 aliphatic heterocycles. The molecule has 1 heterocycles. The smallest absolute Gasteiger partial charge is 0.340 e. The lowest BCUT2D eigenvalue weighted by Gasteiger charge is -2.06. The number of carbonyl (C=O) groups is 2. The van der Waals surface area contributed by atoms with E-state index in [1.807, 2.05) is 0 Å². The van der Waals surface area contributed by atoms with Crippen LogP contribution in [-0.4, -0.2) is 43.7 Å². The van der Waals surface area contributed by atoms with Gasteiger partial charge in [-0.2, -0.15) is 0 Å². The van der Waals surface area contributed by atoms with Gasteiger partial charge in [-0.15, -0.1) is 0 Å². The standard InChI is InChI=1S/C19H23FN2O4/c1-12-16(19(24)26-10-9-25-3)13(2)22-17(12)18(23)21-8-7-14-5-4-6-15(20)11-14/h4-6,11,22H,7-10H2,1-3H3,(H,21,23). The molecule has 0 aliphatic rings. The van der Waals surface area contributed by atoms with Crippen molar-refractivity contribution < 1.29 is 23.5 Å². The zero-order valence-electron chi connectivity index (χ0n) is 15.1. The first-order chi connectivity index (χ1) is 12.4. The number of aromatic amines is 1. The van der Waals surface area contributed by atoms with Gasteiger partial charge < -0.3 is 19.8 Å². The van der Waals surface area contributed by atoms with Crippen molar-refractivity contribution in [3.05, 3.63) is 58.2 Å². The Balaban J connectivity index is 1.98. The van der Waals surface area contributed by atoms with E-state index in [1.54, 1.807) is 26.0 Å². The van der Waals surface area contributed by atoms with E-state index in [-0.39, 0.29) is 18.3 Å². The lowest BCUT2D eigenvalue weighted by Crippen LogP contribution is -2.26. The molecule has 0 radical (unpaired) electrons. The maximum Gasteiger partial charge on any atom is 0.340 e. The Morgan fingerprint density at radius 2 is 2.00 bits per heavy atom. The number of esters is 1. The summed E-state index contributed by atoms with van der Waals surface area (Å²) in [7, 11) is 1.52. The minimum Gasteiger partial charge on any atom is -0.460 e. The van der Waals surface area contributed by atoms with Gasteiger partial charge in [0.15, 0.2) is 0 Å². The van der Waals surface area contributed by atoms with Crippen LogP contribution in [0.5, 0.6) is 0 Å². The van der Waals surface area contributed by atoms with Gasteiger partial charge >= 0.3 is 5.97 Å². The molecule has 140 valence electrons. The molecular formula is C19H23FN2O4. The third-order valence-corrected chi connectivity index (χ3v) is 3.98. The summed E-state index contributed by atoms with van der Waals surface area (Å²) in [5.74, 6) is -1.12. The molecule has 0 saturated heterocycles. The Bertz CT molecular complexity index is 786. The van der Waals surface area contributed by atoms with Crippen molar-refractivity contribution in [1.29, 1.82) is 0 Å². The molecule has 2 aromatic rings. The van der Waals surface area contributed by atoms with Gasteiger partial charge in [-0.1, -0.05) is 12.1 Å². The number of ether oxygens (including phenoxy) is 2. The van der Waals surface area contributed by atoms with E-state index in [1.165, 1.54) is 19.2 Å². The second-order valence-corrected chi connectivity index (χ2v) is 5.89. The molecule has 2 N–H and O–H groups in total. The van der Waals surface area contributed by atoms with Crippen molar-refractivity contribution in [2.45, 2.75) is 20.3 Å². The van der Waals surface area contributed by atoms with Gasteiger partial charge in [-0.25, -0.2) is 9.18 Å². The highest BCUT2D eigenvalue weighted by Crippen LogP contribution is 2.19. The van der Waals surface area contributed by atoms with Crippen LogP contribution in [0.4, 0.5) is 4.39 Å². The summed E-state index contributed by atoms with van der Waals surface area (Å²) < 4.78 is 23.1. The highest BCUT2D eigenvalue weighted by atomic mass is 19.1. The molecule has 0 saturated carbocycles. The molecule has 2 rings (SSSR count). The van der Waals surface area contributed by atoms with Gasteiger partial charge in [-0.3, -0.25) is 4.79 Å². The Morgan fingerprint density at radius 1 is 1.23 bits per heavy atom. The summed E-state index contributed by atoms with van der Waals surface area (Å²) in [6.07, 6.45) is 0.508. The van der Waals surface area contributed by atoms with Crippen LogP contribution in [0.25, 0.3) is 0 Å². The summed E-state index contributed by atoms with van der Waals surface area (Å²) in [6, 6.07) is 6.24. The van der Waals surface area contributed by atoms with Gasteiger partial charge in [-0.05, 0) is 43.5 Å². The van der Waals surface area contributed by atoms with Crippen LogP contribution in [0, 0.1) is 19.7 Å². The van der Waals surface area contributed by atoms with Crippen molar-refractivity contribution in [3.8, 4) is 0 Å². The van der Waals surface area contributed by atoms with Crippen LogP contribution >= 0.6 is 0 Å². The first-order valence-electron chi connectivity index (χ1n) is 8.32. The lowest BCUT2D eigenvalue weighted by atomic mass is 10.1. The average Bonchev–Trinajstić information content (AvgIpc) is 2.89. The van der Waals surface area contributed by atoms with Crippen molar-refractivity contribution in [1.82, 2.24) is 10.3 Å². The number of nitrogens with one attached hydrogen (secondary N) is 2. The molecule has 6 nitrogen and oxygen atoms in total. The van der Waals surface area contributed by atoms with Crippen LogP contribution in [0.2, 0.25) is 0 Å². The highest BCUT2D eigenvalue weighted by molar-refractivity contribution is 6.00. The zero-order chi connectivity index (χ0) is 19.1. The molecule has 7 heteroatoms. The van der Waals surface area contributed by atoms with Crippen molar-refractivity contribution in [3.63, 3.8) is 0 Å². The van der Waals surface area contributed by atoms with Crippen LogP contribution in [0.15, 0.2) is 24.3 Å². The van der Waals surface area contributed by atoms with E-state index in [2.05, 4.69) is 10.3 Å². The van der Waals surface area contributed by atoms with Crippen LogP contribution in [-0.2, 0) is 15.9 Å². The van der Waals surface area contributed by atoms with Gasteiger partial charge in [0.1, 0.15) is 18.1 Å². The molecule has 1 aromatic heterocycles. The van der Waals surface area contributed by atoms with Crippen molar-refractivity contribution >= 4 is 11.9 Å². The number of methoxy groups -OCH3 is 1. The van der Waals surface area contributed by atoms with E-state index in [9.17, 15) is 14.0 Å². The number of H-pyrrole nitrogens is 1. The second-order valence-electron chi connectivity index (χ2n) is 5.89. The molecule has 26 heavy (non-hydrogen) atoms. The van der Waals surface area contributed by atoms with Crippen LogP contribution in [0.1, 0.15) is 37.7 Å². The van der Waals surface area contributed by atoms with Gasteiger partial charge in [0, 0.05) is 19.3 Å². The van der Waals surface area contributed by atoms with Gasteiger partial charge in [0.25, 0.3) is 5.91 Å². The third-order valence-electron chi connectivity index (χ3n) is 3.98. The van der Waals surface area contributed by atoms with Gasteiger partial charge in [0.2, 0.25) is 0 Å². The normalized spacial score (nSPS) is 10.6. The summed E-state index contributed by atoms with van der Waals surface area (Å²) in [4.78, 5) is 27.5. The summed E-state index contributed by atoms with van der Waals surface area (Å²) in [5, 5.41) is 2.77. The lowest BCUT2D eigenvalue weighted by molar-refractivity contribution is 0.0387. The second kappa shape index (κ2) is 9.15. The zero-order valence-corrected chi connectivity index (χ0v) is 15.1. The highest BCUT2D eigenvalue weighted by Gasteiger charge is 2.22. The minimum absolute atomic E-state index is 0.147. The van der Waals surface area contributed by atoms with E-state index >= 15 is 0 Å². The molecule has 0 atom stereocenters. The number of halogens is 1. The fourth-order valence-electron chi connectivity index (χ4n) is 2.67. The van der Waals surface area contributed by atoms with Crippen LogP contribution in [0.3, 0.4) is 0 Å². The topological polar surface area (TPSA) is 80.4 Å². The van der Waals surface area contributed by atoms with Crippen molar-refractivity contribution in [2.75, 3.05) is 26.9 Å². The first kappa shape index (κ1) is 19.7. The Labute approximate surface area is 151 Å². The predicted molar refractivity (Wildman–Crippen MR) is 94.9 cm³/mol. The average molecular weight is 362 g/mol. The maximum atomic E-state index is 13.2. The van der Waals surface area contributed by atoms with E-state index in [0.29, 0.717) is 42.1 Å². The fraction of sp³-hybridized carbons (Fsp3) is 0.368. The molecule has 0 fully saturated rings.